The molecule has 0 saturated heterocycles. The lowest BCUT2D eigenvalue weighted by molar-refractivity contribution is -0.124. The van der Waals surface area contributed by atoms with E-state index >= 15 is 0 Å². The lowest BCUT2D eigenvalue weighted by atomic mass is 10.2. The van der Waals surface area contributed by atoms with E-state index in [2.05, 4.69) is 15.5 Å². The van der Waals surface area contributed by atoms with E-state index < -0.39 is 0 Å². The van der Waals surface area contributed by atoms with E-state index in [0.717, 1.165) is 11.3 Å². The summed E-state index contributed by atoms with van der Waals surface area (Å²) in [6.07, 6.45) is 0. The van der Waals surface area contributed by atoms with E-state index in [0.29, 0.717) is 11.7 Å². The maximum atomic E-state index is 11.5. The molecular weight excluding hydrogens is 258 g/mol. The van der Waals surface area contributed by atoms with Gasteiger partial charge in [0.15, 0.2) is 0 Å². The second-order valence-corrected chi connectivity index (χ2v) is 4.62. The zero-order valence-electron chi connectivity index (χ0n) is 11.7. The SMILES string of the molecule is COc1cccc(-c2noc(CNC(=O)C(C)C)n2)c1. The molecule has 6 nitrogen and oxygen atoms in total. The molecule has 1 amide bonds. The number of carbonyl (C=O) groups is 1. The highest BCUT2D eigenvalue weighted by Gasteiger charge is 2.11. The Labute approximate surface area is 117 Å². The number of amides is 1. The lowest BCUT2D eigenvalue weighted by Crippen LogP contribution is -2.27. The van der Waals surface area contributed by atoms with Crippen LogP contribution in [0.4, 0.5) is 0 Å². The van der Waals surface area contributed by atoms with Crippen molar-refractivity contribution in [2.24, 2.45) is 5.92 Å². The van der Waals surface area contributed by atoms with Crippen LogP contribution in [0.2, 0.25) is 0 Å². The standard InChI is InChI=1S/C14H17N3O3/c1-9(2)14(18)15-8-12-16-13(17-20-12)10-5-4-6-11(7-10)19-3/h4-7,9H,8H2,1-3H3,(H,15,18). The molecule has 0 saturated carbocycles. The van der Waals surface area contributed by atoms with Gasteiger partial charge < -0.3 is 14.6 Å². The maximum absolute atomic E-state index is 11.5. The largest absolute Gasteiger partial charge is 0.497 e. The molecule has 2 aromatic rings. The van der Waals surface area contributed by atoms with Crippen molar-refractivity contribution in [2.45, 2.75) is 20.4 Å². The molecule has 1 heterocycles. The predicted molar refractivity (Wildman–Crippen MR) is 73.0 cm³/mol. The zero-order valence-corrected chi connectivity index (χ0v) is 11.7. The summed E-state index contributed by atoms with van der Waals surface area (Å²) in [7, 11) is 1.60. The van der Waals surface area contributed by atoms with Crippen LogP contribution in [0, 0.1) is 5.92 Å². The first-order chi connectivity index (χ1) is 9.60. The molecule has 0 radical (unpaired) electrons. The second kappa shape index (κ2) is 6.18. The van der Waals surface area contributed by atoms with Gasteiger partial charge in [-0.25, -0.2) is 0 Å². The fourth-order valence-electron chi connectivity index (χ4n) is 1.57. The molecule has 0 fully saturated rings. The normalized spacial score (nSPS) is 10.6. The van der Waals surface area contributed by atoms with Crippen LogP contribution < -0.4 is 10.1 Å². The molecule has 1 aromatic heterocycles. The number of rotatable bonds is 5. The van der Waals surface area contributed by atoms with Crippen LogP contribution in [0.25, 0.3) is 11.4 Å². The van der Waals surface area contributed by atoms with Crippen LogP contribution in [-0.4, -0.2) is 23.2 Å². The fourth-order valence-corrected chi connectivity index (χ4v) is 1.57. The van der Waals surface area contributed by atoms with E-state index in [1.165, 1.54) is 0 Å². The molecule has 20 heavy (non-hydrogen) atoms. The number of hydrogen-bond acceptors (Lipinski definition) is 5. The average molecular weight is 275 g/mol. The van der Waals surface area contributed by atoms with Crippen LogP contribution in [0.5, 0.6) is 5.75 Å². The third kappa shape index (κ3) is 3.34. The Morgan fingerprint density at radius 2 is 2.25 bits per heavy atom. The topological polar surface area (TPSA) is 77.3 Å². The molecule has 106 valence electrons. The number of benzene rings is 1. The van der Waals surface area contributed by atoms with E-state index in [4.69, 9.17) is 9.26 Å². The summed E-state index contributed by atoms with van der Waals surface area (Å²) in [4.78, 5) is 15.7. The summed E-state index contributed by atoms with van der Waals surface area (Å²) in [6, 6.07) is 7.38. The Balaban J connectivity index is 2.06. The van der Waals surface area contributed by atoms with Crippen molar-refractivity contribution in [3.05, 3.63) is 30.2 Å². The van der Waals surface area contributed by atoms with Crippen molar-refractivity contribution in [1.29, 1.82) is 0 Å². The highest BCUT2D eigenvalue weighted by Crippen LogP contribution is 2.21. The second-order valence-electron chi connectivity index (χ2n) is 4.62. The van der Waals surface area contributed by atoms with E-state index in [1.54, 1.807) is 7.11 Å². The third-order valence-corrected chi connectivity index (χ3v) is 2.73. The van der Waals surface area contributed by atoms with Gasteiger partial charge in [-0.1, -0.05) is 31.1 Å². The molecule has 0 unspecified atom stereocenters. The number of nitrogens with zero attached hydrogens (tertiary/aromatic N) is 2. The molecule has 0 bridgehead atoms. The van der Waals surface area contributed by atoms with Crippen molar-refractivity contribution >= 4 is 5.91 Å². The van der Waals surface area contributed by atoms with E-state index in [1.807, 2.05) is 38.1 Å². The van der Waals surface area contributed by atoms with Crippen molar-refractivity contribution in [1.82, 2.24) is 15.5 Å². The summed E-state index contributed by atoms with van der Waals surface area (Å²) in [6.45, 7) is 3.88. The van der Waals surface area contributed by atoms with Gasteiger partial charge in [0, 0.05) is 11.5 Å². The van der Waals surface area contributed by atoms with Crippen LogP contribution in [-0.2, 0) is 11.3 Å². The minimum Gasteiger partial charge on any atom is -0.497 e. The summed E-state index contributed by atoms with van der Waals surface area (Å²) in [5, 5.41) is 6.62. The molecule has 0 aliphatic carbocycles. The van der Waals surface area contributed by atoms with Gasteiger partial charge in [-0.3, -0.25) is 4.79 Å². The number of methoxy groups -OCH3 is 1. The fraction of sp³-hybridized carbons (Fsp3) is 0.357. The van der Waals surface area contributed by atoms with Crippen molar-refractivity contribution in [3.63, 3.8) is 0 Å². The number of nitrogens with one attached hydrogen (secondary N) is 1. The number of aromatic nitrogens is 2. The van der Waals surface area contributed by atoms with E-state index in [-0.39, 0.29) is 18.4 Å². The molecule has 6 heteroatoms. The predicted octanol–water partition coefficient (Wildman–Crippen LogP) is 2.02. The molecule has 0 aliphatic rings. The lowest BCUT2D eigenvalue weighted by Gasteiger charge is -2.03. The van der Waals surface area contributed by atoms with Crippen molar-refractivity contribution in [2.75, 3.05) is 7.11 Å². The van der Waals surface area contributed by atoms with Gasteiger partial charge in [0.25, 0.3) is 0 Å². The first-order valence-electron chi connectivity index (χ1n) is 6.35. The Bertz CT molecular complexity index is 593. The van der Waals surface area contributed by atoms with Crippen LogP contribution >= 0.6 is 0 Å². The molecular formula is C14H17N3O3. The van der Waals surface area contributed by atoms with E-state index in [9.17, 15) is 4.79 Å². The molecule has 0 aliphatic heterocycles. The number of hydrogen-bond donors (Lipinski definition) is 1. The average Bonchev–Trinajstić information content (AvgIpc) is 2.93. The highest BCUT2D eigenvalue weighted by molar-refractivity contribution is 5.77. The van der Waals surface area contributed by atoms with Gasteiger partial charge in [-0.15, -0.1) is 0 Å². The number of carbonyl (C=O) groups excluding carboxylic acids is 1. The minimum atomic E-state index is -0.0734. The monoisotopic (exact) mass is 275 g/mol. The quantitative estimate of drug-likeness (QED) is 0.903. The Morgan fingerprint density at radius 3 is 2.95 bits per heavy atom. The third-order valence-electron chi connectivity index (χ3n) is 2.73. The molecule has 0 spiro atoms. The van der Waals surface area contributed by atoms with Gasteiger partial charge in [-0.05, 0) is 12.1 Å². The Morgan fingerprint density at radius 1 is 1.45 bits per heavy atom. The molecule has 2 rings (SSSR count). The summed E-state index contributed by atoms with van der Waals surface area (Å²) < 4.78 is 10.3. The van der Waals surface area contributed by atoms with Crippen LogP contribution in [0.15, 0.2) is 28.8 Å². The molecule has 0 atom stereocenters. The number of ether oxygens (including phenoxy) is 1. The van der Waals surface area contributed by atoms with Gasteiger partial charge in [0.05, 0.1) is 13.7 Å². The first-order valence-corrected chi connectivity index (χ1v) is 6.35. The van der Waals surface area contributed by atoms with Crippen molar-refractivity contribution < 1.29 is 14.1 Å². The summed E-state index contributed by atoms with van der Waals surface area (Å²) >= 11 is 0. The Kier molecular flexibility index (Phi) is 4.34. The Hall–Kier alpha value is -2.37. The first kappa shape index (κ1) is 14.0. The van der Waals surface area contributed by atoms with Crippen LogP contribution in [0.1, 0.15) is 19.7 Å². The summed E-state index contributed by atoms with van der Waals surface area (Å²) in [5.41, 5.74) is 0.800. The van der Waals surface area contributed by atoms with Crippen LogP contribution in [0.3, 0.4) is 0 Å². The van der Waals surface area contributed by atoms with Gasteiger partial charge in [0.2, 0.25) is 17.6 Å². The minimum absolute atomic E-state index is 0.0499. The molecule has 1 N–H and O–H groups in total. The highest BCUT2D eigenvalue weighted by atomic mass is 16.5. The van der Waals surface area contributed by atoms with Gasteiger partial charge in [-0.2, -0.15) is 4.98 Å². The summed E-state index contributed by atoms with van der Waals surface area (Å²) in [5.74, 6) is 1.44. The maximum Gasteiger partial charge on any atom is 0.246 e. The molecule has 1 aromatic carbocycles. The van der Waals surface area contributed by atoms with Gasteiger partial charge >= 0.3 is 0 Å². The zero-order chi connectivity index (χ0) is 14.5. The van der Waals surface area contributed by atoms with Crippen molar-refractivity contribution in [3.8, 4) is 17.1 Å². The van der Waals surface area contributed by atoms with Gasteiger partial charge in [0.1, 0.15) is 5.75 Å². The smallest absolute Gasteiger partial charge is 0.246 e.